The van der Waals surface area contributed by atoms with Crippen LogP contribution in [0.3, 0.4) is 0 Å². The molecular weight excluding hydrogens is 236 g/mol. The van der Waals surface area contributed by atoms with Crippen molar-refractivity contribution in [3.8, 4) is 0 Å². The molecule has 4 heteroatoms. The van der Waals surface area contributed by atoms with Crippen molar-refractivity contribution in [2.75, 3.05) is 0 Å². The molecule has 1 atom stereocenters. The van der Waals surface area contributed by atoms with Crippen molar-refractivity contribution in [2.24, 2.45) is 0 Å². The van der Waals surface area contributed by atoms with E-state index in [4.69, 9.17) is 0 Å². The summed E-state index contributed by atoms with van der Waals surface area (Å²) in [7, 11) is -3.31. The molecular formula is C13H16O3S. The predicted molar refractivity (Wildman–Crippen MR) is 66.4 cm³/mol. The van der Waals surface area contributed by atoms with E-state index in [2.05, 4.69) is 0 Å². The zero-order valence-corrected chi connectivity index (χ0v) is 10.8. The van der Waals surface area contributed by atoms with E-state index < -0.39 is 19.8 Å². The number of carbonyl (C=O) groups is 1. The van der Waals surface area contributed by atoms with E-state index in [0.717, 1.165) is 0 Å². The molecule has 0 N–H and O–H groups in total. The second-order valence-electron chi connectivity index (χ2n) is 5.12. The SMILES string of the molecule is CC1(C)CC(=O)CC(c2ccccc2)S1(=O)=O. The van der Waals surface area contributed by atoms with Gasteiger partial charge in [-0.05, 0) is 19.4 Å². The summed E-state index contributed by atoms with van der Waals surface area (Å²) in [5.41, 5.74) is 0.716. The molecule has 0 spiro atoms. The number of benzene rings is 1. The molecule has 0 saturated carbocycles. The fourth-order valence-electron chi connectivity index (χ4n) is 2.31. The molecule has 92 valence electrons. The van der Waals surface area contributed by atoms with Crippen molar-refractivity contribution in [1.29, 1.82) is 0 Å². The second kappa shape index (κ2) is 3.95. The first-order valence-electron chi connectivity index (χ1n) is 5.65. The molecule has 17 heavy (non-hydrogen) atoms. The highest BCUT2D eigenvalue weighted by atomic mass is 32.2. The summed E-state index contributed by atoms with van der Waals surface area (Å²) in [4.78, 5) is 11.7. The summed E-state index contributed by atoms with van der Waals surface area (Å²) in [5.74, 6) is 0.0266. The molecule has 0 amide bonds. The normalized spacial score (nSPS) is 26.7. The molecule has 1 aromatic carbocycles. The van der Waals surface area contributed by atoms with Crippen LogP contribution < -0.4 is 0 Å². The highest BCUT2D eigenvalue weighted by Gasteiger charge is 2.47. The Labute approximate surface area is 102 Å². The molecule has 1 aromatic rings. The Hall–Kier alpha value is -1.16. The van der Waals surface area contributed by atoms with Gasteiger partial charge >= 0.3 is 0 Å². The molecule has 1 heterocycles. The van der Waals surface area contributed by atoms with E-state index in [0.29, 0.717) is 5.56 Å². The van der Waals surface area contributed by atoms with Crippen LogP contribution in [0.2, 0.25) is 0 Å². The molecule has 1 aliphatic rings. The molecule has 0 radical (unpaired) electrons. The van der Waals surface area contributed by atoms with Crippen molar-refractivity contribution in [2.45, 2.75) is 36.7 Å². The molecule has 1 aliphatic heterocycles. The fourth-order valence-corrected chi connectivity index (χ4v) is 4.37. The smallest absolute Gasteiger partial charge is 0.163 e. The van der Waals surface area contributed by atoms with E-state index in [9.17, 15) is 13.2 Å². The van der Waals surface area contributed by atoms with Crippen LogP contribution in [0.4, 0.5) is 0 Å². The Morgan fingerprint density at radius 1 is 1.18 bits per heavy atom. The summed E-state index contributed by atoms with van der Waals surface area (Å²) in [6, 6.07) is 8.99. The molecule has 1 saturated heterocycles. The van der Waals surface area contributed by atoms with E-state index in [1.165, 1.54) is 0 Å². The Morgan fingerprint density at radius 3 is 2.35 bits per heavy atom. The summed E-state index contributed by atoms with van der Waals surface area (Å²) in [5, 5.41) is -0.681. The maximum absolute atomic E-state index is 12.4. The minimum atomic E-state index is -3.31. The Kier molecular flexibility index (Phi) is 2.86. The highest BCUT2D eigenvalue weighted by Crippen LogP contribution is 2.41. The first-order chi connectivity index (χ1) is 7.84. The van der Waals surface area contributed by atoms with Gasteiger partial charge in [0, 0.05) is 12.8 Å². The van der Waals surface area contributed by atoms with Crippen molar-refractivity contribution in [3.05, 3.63) is 35.9 Å². The first kappa shape index (κ1) is 12.3. The summed E-state index contributed by atoms with van der Waals surface area (Å²) < 4.78 is 23.9. The monoisotopic (exact) mass is 252 g/mol. The topological polar surface area (TPSA) is 51.2 Å². The van der Waals surface area contributed by atoms with Gasteiger partial charge in [0.1, 0.15) is 5.78 Å². The third-order valence-corrected chi connectivity index (χ3v) is 6.22. The van der Waals surface area contributed by atoms with Gasteiger partial charge in [-0.25, -0.2) is 8.42 Å². The van der Waals surface area contributed by atoms with E-state index >= 15 is 0 Å². The number of Topliss-reactive ketones (excluding diaryl/α,β-unsaturated/α-hetero) is 1. The van der Waals surface area contributed by atoms with Gasteiger partial charge < -0.3 is 0 Å². The molecule has 0 bridgehead atoms. The van der Waals surface area contributed by atoms with Crippen LogP contribution in [0, 0.1) is 0 Å². The van der Waals surface area contributed by atoms with Gasteiger partial charge in [-0.1, -0.05) is 30.3 Å². The summed E-state index contributed by atoms with van der Waals surface area (Å²) in [6.45, 7) is 3.27. The lowest BCUT2D eigenvalue weighted by Gasteiger charge is -2.34. The van der Waals surface area contributed by atoms with Crippen molar-refractivity contribution in [3.63, 3.8) is 0 Å². The number of hydrogen-bond donors (Lipinski definition) is 0. The zero-order valence-electron chi connectivity index (χ0n) is 10.0. The minimum Gasteiger partial charge on any atom is -0.300 e. The van der Waals surface area contributed by atoms with Gasteiger partial charge in [0.25, 0.3) is 0 Å². The van der Waals surface area contributed by atoms with Crippen LogP contribution in [-0.4, -0.2) is 18.9 Å². The van der Waals surface area contributed by atoms with Gasteiger partial charge in [-0.15, -0.1) is 0 Å². The Balaban J connectivity index is 2.50. The third kappa shape index (κ3) is 2.02. The van der Waals surface area contributed by atoms with E-state index in [-0.39, 0.29) is 18.6 Å². The van der Waals surface area contributed by atoms with Crippen molar-refractivity contribution >= 4 is 15.6 Å². The number of rotatable bonds is 1. The van der Waals surface area contributed by atoms with Gasteiger partial charge in [0.15, 0.2) is 9.84 Å². The Morgan fingerprint density at radius 2 is 1.76 bits per heavy atom. The lowest BCUT2D eigenvalue weighted by molar-refractivity contribution is -0.120. The molecule has 1 unspecified atom stereocenters. The van der Waals surface area contributed by atoms with Gasteiger partial charge in [-0.2, -0.15) is 0 Å². The van der Waals surface area contributed by atoms with E-state index in [1.807, 2.05) is 6.07 Å². The maximum atomic E-state index is 12.4. The lowest BCUT2D eigenvalue weighted by atomic mass is 9.99. The van der Waals surface area contributed by atoms with Gasteiger partial charge in [-0.3, -0.25) is 4.79 Å². The maximum Gasteiger partial charge on any atom is 0.163 e. The number of ketones is 1. The van der Waals surface area contributed by atoms with Crippen LogP contribution in [0.1, 0.15) is 37.5 Å². The quantitative estimate of drug-likeness (QED) is 0.770. The van der Waals surface area contributed by atoms with Crippen LogP contribution in [0.5, 0.6) is 0 Å². The van der Waals surface area contributed by atoms with Crippen molar-refractivity contribution in [1.82, 2.24) is 0 Å². The molecule has 3 nitrogen and oxygen atoms in total. The highest BCUT2D eigenvalue weighted by molar-refractivity contribution is 7.93. The van der Waals surface area contributed by atoms with Crippen LogP contribution in [0.15, 0.2) is 30.3 Å². The third-order valence-electron chi connectivity index (χ3n) is 3.35. The van der Waals surface area contributed by atoms with Crippen molar-refractivity contribution < 1.29 is 13.2 Å². The summed E-state index contributed by atoms with van der Waals surface area (Å²) in [6.07, 6.45) is 0.231. The zero-order chi connectivity index (χ0) is 12.7. The molecule has 0 aromatic heterocycles. The largest absolute Gasteiger partial charge is 0.300 e. The molecule has 1 fully saturated rings. The van der Waals surface area contributed by atoms with Gasteiger partial charge in [0.2, 0.25) is 0 Å². The Bertz CT molecular complexity index is 529. The average molecular weight is 252 g/mol. The molecule has 0 aliphatic carbocycles. The molecule has 2 rings (SSSR count). The number of hydrogen-bond acceptors (Lipinski definition) is 3. The number of sulfone groups is 1. The standard InChI is InChI=1S/C13H16O3S/c1-13(2)9-11(14)8-12(17(13,15)16)10-6-4-3-5-7-10/h3-7,12H,8-9H2,1-2H3. The summed E-state index contributed by atoms with van der Waals surface area (Å²) >= 11 is 0. The van der Waals surface area contributed by atoms with E-state index in [1.54, 1.807) is 38.1 Å². The van der Waals surface area contributed by atoms with Crippen LogP contribution in [-0.2, 0) is 14.6 Å². The number of carbonyl (C=O) groups excluding carboxylic acids is 1. The van der Waals surface area contributed by atoms with Crippen LogP contribution >= 0.6 is 0 Å². The lowest BCUT2D eigenvalue weighted by Crippen LogP contribution is -2.43. The minimum absolute atomic E-state index is 0.0266. The fraction of sp³-hybridized carbons (Fsp3) is 0.462. The average Bonchev–Trinajstić information content (AvgIpc) is 2.24. The van der Waals surface area contributed by atoms with Crippen LogP contribution in [0.25, 0.3) is 0 Å². The predicted octanol–water partition coefficient (Wildman–Crippen LogP) is 2.28. The van der Waals surface area contributed by atoms with Gasteiger partial charge in [0.05, 0.1) is 10.00 Å². The second-order valence-corrected chi connectivity index (χ2v) is 7.89. The first-order valence-corrected chi connectivity index (χ1v) is 7.19.